The Morgan fingerprint density at radius 3 is 2.17 bits per heavy atom. The first-order valence-corrected chi connectivity index (χ1v) is 7.59. The molecule has 0 saturated carbocycles. The quantitative estimate of drug-likeness (QED) is 0.711. The summed E-state index contributed by atoms with van der Waals surface area (Å²) in [6, 6.07) is 0. The molecule has 0 unspecified atom stereocenters. The van der Waals surface area contributed by atoms with Crippen LogP contribution in [0, 0.1) is 0 Å². The first kappa shape index (κ1) is 15.2. The minimum absolute atomic E-state index is 0.257. The van der Waals surface area contributed by atoms with E-state index in [1.807, 2.05) is 6.92 Å². The molecule has 0 aliphatic carbocycles. The van der Waals surface area contributed by atoms with E-state index in [0.29, 0.717) is 31.4 Å². The van der Waals surface area contributed by atoms with Crippen molar-refractivity contribution in [2.24, 2.45) is 0 Å². The molecule has 1 rings (SSSR count). The van der Waals surface area contributed by atoms with Crippen LogP contribution in [0.5, 0.6) is 0 Å². The summed E-state index contributed by atoms with van der Waals surface area (Å²) in [6.45, 7) is 6.03. The molecule has 1 heterocycles. The number of nitrogens with zero attached hydrogens (tertiary/aromatic N) is 2. The van der Waals surface area contributed by atoms with Crippen molar-refractivity contribution in [3.05, 3.63) is 5.89 Å². The zero-order valence-corrected chi connectivity index (χ0v) is 12.5. The van der Waals surface area contributed by atoms with Crippen LogP contribution in [-0.4, -0.2) is 32.3 Å². The maximum atomic E-state index is 12.7. The molecular weight excluding hydrogens is 255 g/mol. The second-order valence-electron chi connectivity index (χ2n) is 3.82. The summed E-state index contributed by atoms with van der Waals surface area (Å²) in [5.41, 5.74) is 0.257. The number of hydrogen-bond acceptors (Lipinski definition) is 6. The minimum Gasteiger partial charge on any atom is -0.424 e. The second-order valence-corrected chi connectivity index (χ2v) is 5.75. The molecule has 104 valence electrons. The fourth-order valence-electron chi connectivity index (χ4n) is 1.47. The van der Waals surface area contributed by atoms with Crippen LogP contribution in [0.15, 0.2) is 4.42 Å². The van der Waals surface area contributed by atoms with Crippen LogP contribution in [0.3, 0.4) is 0 Å². The highest BCUT2D eigenvalue weighted by Crippen LogP contribution is 2.48. The van der Waals surface area contributed by atoms with E-state index in [0.717, 1.165) is 0 Å². The summed E-state index contributed by atoms with van der Waals surface area (Å²) in [4.78, 5) is 5.95. The Balaban J connectivity index is 3.26. The van der Waals surface area contributed by atoms with Gasteiger partial charge in [-0.25, -0.2) is 4.98 Å². The van der Waals surface area contributed by atoms with Crippen LogP contribution in [0.2, 0.25) is 0 Å². The average Bonchev–Trinajstić information content (AvgIpc) is 2.74. The van der Waals surface area contributed by atoms with Crippen molar-refractivity contribution in [1.29, 1.82) is 0 Å². The number of aryl methyl sites for hydroxylation is 1. The van der Waals surface area contributed by atoms with Crippen molar-refractivity contribution in [2.45, 2.75) is 27.2 Å². The van der Waals surface area contributed by atoms with Gasteiger partial charge < -0.3 is 18.4 Å². The van der Waals surface area contributed by atoms with E-state index in [4.69, 9.17) is 13.5 Å². The van der Waals surface area contributed by atoms with Crippen molar-refractivity contribution in [1.82, 2.24) is 4.98 Å². The Bertz CT molecular complexity index is 421. The topological polar surface area (TPSA) is 64.8 Å². The van der Waals surface area contributed by atoms with Gasteiger partial charge in [-0.2, -0.15) is 0 Å². The zero-order valence-electron chi connectivity index (χ0n) is 11.6. The maximum Gasteiger partial charge on any atom is 0.385 e. The van der Waals surface area contributed by atoms with Gasteiger partial charge in [-0.1, -0.05) is 6.92 Å². The van der Waals surface area contributed by atoms with Crippen LogP contribution in [0.1, 0.15) is 26.7 Å². The molecule has 0 aromatic carbocycles. The molecule has 7 heteroatoms. The van der Waals surface area contributed by atoms with Crippen LogP contribution in [0.4, 0.5) is 5.88 Å². The molecule has 0 aliphatic rings. The molecule has 0 bridgehead atoms. The Labute approximate surface area is 108 Å². The highest BCUT2D eigenvalue weighted by atomic mass is 31.2. The zero-order chi connectivity index (χ0) is 13.8. The molecule has 0 saturated heterocycles. The number of aromatic nitrogens is 1. The monoisotopic (exact) mass is 276 g/mol. The highest BCUT2D eigenvalue weighted by Gasteiger charge is 2.35. The number of rotatable bonds is 7. The smallest absolute Gasteiger partial charge is 0.385 e. The fraction of sp³-hybridized carbons (Fsp3) is 0.727. The van der Waals surface area contributed by atoms with Crippen LogP contribution < -0.4 is 10.3 Å². The van der Waals surface area contributed by atoms with Gasteiger partial charge in [0.05, 0.1) is 13.2 Å². The second kappa shape index (κ2) is 6.36. The summed E-state index contributed by atoms with van der Waals surface area (Å²) >= 11 is 0. The molecule has 0 radical (unpaired) electrons. The lowest BCUT2D eigenvalue weighted by molar-refractivity contribution is 0.229. The molecule has 0 fully saturated rings. The van der Waals surface area contributed by atoms with Crippen molar-refractivity contribution < 1.29 is 18.0 Å². The predicted octanol–water partition coefficient (Wildman–Crippen LogP) is 2.19. The Morgan fingerprint density at radius 1 is 1.22 bits per heavy atom. The lowest BCUT2D eigenvalue weighted by atomic mass is 10.5. The average molecular weight is 276 g/mol. The van der Waals surface area contributed by atoms with Gasteiger partial charge in [0, 0.05) is 20.5 Å². The molecule has 0 amide bonds. The molecular formula is C11H21N2O4P. The van der Waals surface area contributed by atoms with Crippen LogP contribution >= 0.6 is 7.60 Å². The lowest BCUT2D eigenvalue weighted by Gasteiger charge is -2.17. The molecule has 18 heavy (non-hydrogen) atoms. The summed E-state index contributed by atoms with van der Waals surface area (Å²) in [5, 5.41) is 0. The summed E-state index contributed by atoms with van der Waals surface area (Å²) in [7, 11) is 0.193. The van der Waals surface area contributed by atoms with Crippen LogP contribution in [0.25, 0.3) is 0 Å². The summed E-state index contributed by atoms with van der Waals surface area (Å²) < 4.78 is 28.8. The van der Waals surface area contributed by atoms with E-state index >= 15 is 0 Å². The molecule has 0 N–H and O–H groups in total. The molecule has 6 nitrogen and oxygen atoms in total. The fourth-order valence-corrected chi connectivity index (χ4v) is 3.18. The molecule has 0 spiro atoms. The Hall–Kier alpha value is -0.840. The maximum absolute atomic E-state index is 12.7. The first-order chi connectivity index (χ1) is 8.48. The van der Waals surface area contributed by atoms with Gasteiger partial charge in [-0.15, -0.1) is 0 Å². The van der Waals surface area contributed by atoms with E-state index < -0.39 is 7.60 Å². The van der Waals surface area contributed by atoms with Crippen LogP contribution in [-0.2, 0) is 20.0 Å². The van der Waals surface area contributed by atoms with E-state index in [1.54, 1.807) is 32.8 Å². The number of oxazole rings is 1. The minimum atomic E-state index is -3.40. The van der Waals surface area contributed by atoms with Crippen molar-refractivity contribution >= 4 is 18.9 Å². The predicted molar refractivity (Wildman–Crippen MR) is 70.7 cm³/mol. The Kier molecular flexibility index (Phi) is 5.38. The third-order valence-corrected chi connectivity index (χ3v) is 4.21. The summed E-state index contributed by atoms with van der Waals surface area (Å²) in [6.07, 6.45) is 0.624. The van der Waals surface area contributed by atoms with E-state index in [1.165, 1.54) is 0 Å². The standard InChI is InChI=1S/C11H21N2O4P/c1-6-9-12-10(11(17-9)13(4)5)18(14,15-7-2)16-8-3/h6-8H2,1-5H3. The van der Waals surface area contributed by atoms with Gasteiger partial charge in [-0.3, -0.25) is 4.57 Å². The number of hydrogen-bond donors (Lipinski definition) is 0. The van der Waals surface area contributed by atoms with E-state index in [-0.39, 0.29) is 5.44 Å². The van der Waals surface area contributed by atoms with Gasteiger partial charge in [-0.05, 0) is 13.8 Å². The third kappa shape index (κ3) is 3.13. The van der Waals surface area contributed by atoms with Gasteiger partial charge in [0.15, 0.2) is 5.89 Å². The first-order valence-electron chi connectivity index (χ1n) is 6.05. The lowest BCUT2D eigenvalue weighted by Crippen LogP contribution is -2.20. The number of anilines is 1. The highest BCUT2D eigenvalue weighted by molar-refractivity contribution is 7.62. The molecule has 0 aliphatic heterocycles. The van der Waals surface area contributed by atoms with E-state index in [2.05, 4.69) is 4.98 Å². The normalized spacial score (nSPS) is 11.8. The van der Waals surface area contributed by atoms with Crippen molar-refractivity contribution in [2.75, 3.05) is 32.2 Å². The molecule has 0 atom stereocenters. The largest absolute Gasteiger partial charge is 0.424 e. The molecule has 1 aromatic heterocycles. The van der Waals surface area contributed by atoms with Gasteiger partial charge in [0.25, 0.3) is 0 Å². The van der Waals surface area contributed by atoms with Gasteiger partial charge >= 0.3 is 7.60 Å². The van der Waals surface area contributed by atoms with E-state index in [9.17, 15) is 4.57 Å². The third-order valence-electron chi connectivity index (χ3n) is 2.20. The van der Waals surface area contributed by atoms with Crippen molar-refractivity contribution in [3.63, 3.8) is 0 Å². The SMILES string of the molecule is CCOP(=O)(OCC)c1nc(CC)oc1N(C)C. The van der Waals surface area contributed by atoms with Crippen molar-refractivity contribution in [3.8, 4) is 0 Å². The van der Waals surface area contributed by atoms with Gasteiger partial charge in [0.2, 0.25) is 11.3 Å². The Morgan fingerprint density at radius 2 is 1.78 bits per heavy atom. The summed E-state index contributed by atoms with van der Waals surface area (Å²) in [5.74, 6) is 0.949. The van der Waals surface area contributed by atoms with Gasteiger partial charge in [0.1, 0.15) is 0 Å². The molecule has 1 aromatic rings.